The Kier molecular flexibility index (Phi) is 9.59. The van der Waals surface area contributed by atoms with Gasteiger partial charge in [-0.15, -0.1) is 23.7 Å². The molecule has 0 spiro atoms. The van der Waals surface area contributed by atoms with E-state index in [9.17, 15) is 8.42 Å². The lowest BCUT2D eigenvalue weighted by Gasteiger charge is -2.06. The van der Waals surface area contributed by atoms with Gasteiger partial charge in [-0.3, -0.25) is 0 Å². The number of aryl methyl sites for hydroxylation is 1. The Hall–Kier alpha value is -0.180. The zero-order valence-corrected chi connectivity index (χ0v) is 13.6. The largest absolute Gasteiger partial charge is 0.383 e. The molecule has 0 unspecified atom stereocenters. The number of thiophene rings is 1. The van der Waals surface area contributed by atoms with Crippen molar-refractivity contribution in [3.8, 4) is 0 Å². The molecule has 0 aromatic carbocycles. The van der Waals surface area contributed by atoms with Gasteiger partial charge >= 0.3 is 0 Å². The van der Waals surface area contributed by atoms with Crippen molar-refractivity contribution < 1.29 is 13.2 Å². The third-order valence-electron chi connectivity index (χ3n) is 2.33. The molecule has 0 radical (unpaired) electrons. The van der Waals surface area contributed by atoms with Crippen LogP contribution in [0.4, 0.5) is 0 Å². The van der Waals surface area contributed by atoms with Crippen molar-refractivity contribution in [2.45, 2.75) is 17.6 Å². The molecule has 0 saturated heterocycles. The maximum absolute atomic E-state index is 11.9. The van der Waals surface area contributed by atoms with Crippen LogP contribution in [0.5, 0.6) is 0 Å². The molecule has 0 atom stereocenters. The molecule has 1 aromatic heterocycles. The van der Waals surface area contributed by atoms with Crippen molar-refractivity contribution in [3.63, 3.8) is 0 Å². The van der Waals surface area contributed by atoms with Crippen LogP contribution in [-0.4, -0.2) is 41.8 Å². The number of nitrogens with one attached hydrogen (secondary N) is 2. The van der Waals surface area contributed by atoms with Crippen LogP contribution in [0.2, 0.25) is 0 Å². The number of sulfonamides is 1. The predicted octanol–water partition coefficient (Wildman–Crippen LogP) is 1.25. The van der Waals surface area contributed by atoms with Crippen LogP contribution in [0.1, 0.15) is 11.8 Å². The van der Waals surface area contributed by atoms with Crippen molar-refractivity contribution in [1.29, 1.82) is 0 Å². The zero-order chi connectivity index (χ0) is 13.4. The van der Waals surface area contributed by atoms with Gasteiger partial charge in [-0.1, -0.05) is 6.92 Å². The highest BCUT2D eigenvalue weighted by atomic mass is 35.5. The third-order valence-corrected chi connectivity index (χ3v) is 5.51. The van der Waals surface area contributed by atoms with Crippen LogP contribution in [0.3, 0.4) is 0 Å². The molecule has 8 heteroatoms. The molecule has 1 aromatic rings. The molecule has 0 amide bonds. The quantitative estimate of drug-likeness (QED) is 0.669. The van der Waals surface area contributed by atoms with Gasteiger partial charge in [-0.25, -0.2) is 13.1 Å². The van der Waals surface area contributed by atoms with Gasteiger partial charge in [-0.2, -0.15) is 0 Å². The predicted molar refractivity (Wildman–Crippen MR) is 80.9 cm³/mol. The lowest BCUT2D eigenvalue weighted by Crippen LogP contribution is -2.32. The summed E-state index contributed by atoms with van der Waals surface area (Å²) in [5, 5.41) is 3.08. The van der Waals surface area contributed by atoms with Crippen LogP contribution in [0.25, 0.3) is 0 Å². The summed E-state index contributed by atoms with van der Waals surface area (Å²) in [5.41, 5.74) is 0. The second-order valence-electron chi connectivity index (χ2n) is 3.71. The second kappa shape index (κ2) is 9.68. The molecule has 1 rings (SSSR count). The molecule has 0 fully saturated rings. The number of hydrogen-bond donors (Lipinski definition) is 2. The molecule has 0 bridgehead atoms. The van der Waals surface area contributed by atoms with Gasteiger partial charge in [0.05, 0.1) is 6.61 Å². The van der Waals surface area contributed by atoms with Crippen molar-refractivity contribution in [1.82, 2.24) is 10.0 Å². The number of halogens is 1. The Morgan fingerprint density at radius 1 is 1.26 bits per heavy atom. The fraction of sp³-hybridized carbons (Fsp3) is 0.636. The average Bonchev–Trinajstić information content (AvgIpc) is 2.83. The molecule has 1 heterocycles. The lowest BCUT2D eigenvalue weighted by atomic mass is 10.4. The molecule has 19 heavy (non-hydrogen) atoms. The van der Waals surface area contributed by atoms with Gasteiger partial charge in [0, 0.05) is 31.6 Å². The maximum Gasteiger partial charge on any atom is 0.250 e. The topological polar surface area (TPSA) is 67.4 Å². The molecule has 112 valence electrons. The third kappa shape index (κ3) is 6.69. The smallest absolute Gasteiger partial charge is 0.250 e. The normalized spacial score (nSPS) is 11.3. The number of hydrogen-bond acceptors (Lipinski definition) is 5. The summed E-state index contributed by atoms with van der Waals surface area (Å²) in [6.45, 7) is 4.32. The molecule has 0 aliphatic heterocycles. The van der Waals surface area contributed by atoms with E-state index in [0.29, 0.717) is 23.9 Å². The molecule has 5 nitrogen and oxygen atoms in total. The zero-order valence-electron chi connectivity index (χ0n) is 11.1. The highest BCUT2D eigenvalue weighted by Crippen LogP contribution is 2.21. The van der Waals surface area contributed by atoms with Crippen molar-refractivity contribution in [2.75, 3.05) is 33.4 Å². The summed E-state index contributed by atoms with van der Waals surface area (Å²) in [5.74, 6) is 0. The molecule has 2 N–H and O–H groups in total. The lowest BCUT2D eigenvalue weighted by molar-refractivity contribution is 0.199. The Morgan fingerprint density at radius 2 is 2.00 bits per heavy atom. The van der Waals surface area contributed by atoms with Crippen molar-refractivity contribution in [2.24, 2.45) is 0 Å². The fourth-order valence-corrected chi connectivity index (χ4v) is 3.71. The van der Waals surface area contributed by atoms with Crippen LogP contribution in [0, 0.1) is 0 Å². The number of ether oxygens (including phenoxy) is 1. The summed E-state index contributed by atoms with van der Waals surface area (Å²) in [6, 6.07) is 3.51. The summed E-state index contributed by atoms with van der Waals surface area (Å²) in [7, 11) is -1.71. The first kappa shape index (κ1) is 18.8. The van der Waals surface area contributed by atoms with Gasteiger partial charge in [0.1, 0.15) is 4.21 Å². The van der Waals surface area contributed by atoms with Gasteiger partial charge < -0.3 is 10.1 Å². The monoisotopic (exact) mass is 328 g/mol. The van der Waals surface area contributed by atoms with Crippen LogP contribution >= 0.6 is 23.7 Å². The summed E-state index contributed by atoms with van der Waals surface area (Å²) in [4.78, 5) is 1.08. The maximum atomic E-state index is 11.9. The van der Waals surface area contributed by atoms with Crippen molar-refractivity contribution in [3.05, 3.63) is 17.0 Å². The summed E-state index contributed by atoms with van der Waals surface area (Å²) < 4.78 is 31.6. The van der Waals surface area contributed by atoms with Crippen LogP contribution < -0.4 is 10.0 Å². The van der Waals surface area contributed by atoms with E-state index >= 15 is 0 Å². The second-order valence-corrected chi connectivity index (χ2v) is 6.88. The Bertz CT molecular complexity index is 449. The Labute approximate surface area is 125 Å². The van der Waals surface area contributed by atoms with E-state index in [1.54, 1.807) is 13.2 Å². The summed E-state index contributed by atoms with van der Waals surface area (Å²) in [6.07, 6.45) is 0.860. The SMILES string of the molecule is CCc1ccc(S(=O)(=O)NCCNCCOC)s1.Cl. The highest BCUT2D eigenvalue weighted by molar-refractivity contribution is 7.91. The van der Waals surface area contributed by atoms with E-state index in [0.717, 1.165) is 17.8 Å². The van der Waals surface area contributed by atoms with Crippen LogP contribution in [-0.2, 0) is 21.2 Å². The van der Waals surface area contributed by atoms with E-state index in [2.05, 4.69) is 10.0 Å². The van der Waals surface area contributed by atoms with E-state index in [-0.39, 0.29) is 12.4 Å². The molecular formula is C11H21ClN2O3S2. The van der Waals surface area contributed by atoms with Gasteiger partial charge in [-0.05, 0) is 18.6 Å². The fourth-order valence-electron chi connectivity index (χ4n) is 1.34. The minimum absolute atomic E-state index is 0. The number of methoxy groups -OCH3 is 1. The first-order valence-corrected chi connectivity index (χ1v) is 8.18. The Balaban J connectivity index is 0.00000324. The van der Waals surface area contributed by atoms with Crippen LogP contribution in [0.15, 0.2) is 16.3 Å². The van der Waals surface area contributed by atoms with E-state index < -0.39 is 10.0 Å². The molecule has 0 saturated carbocycles. The van der Waals surface area contributed by atoms with E-state index in [1.807, 2.05) is 13.0 Å². The number of rotatable bonds is 9. The minimum atomic E-state index is -3.35. The standard InChI is InChI=1S/C11H20N2O3S2.ClH/c1-3-10-4-5-11(17-10)18(14,15)13-7-6-12-8-9-16-2;/h4-5,12-13H,3,6-9H2,1-2H3;1H. The van der Waals surface area contributed by atoms with Gasteiger partial charge in [0.2, 0.25) is 10.0 Å². The molecular weight excluding hydrogens is 308 g/mol. The van der Waals surface area contributed by atoms with E-state index in [4.69, 9.17) is 4.74 Å². The first-order valence-electron chi connectivity index (χ1n) is 5.88. The highest BCUT2D eigenvalue weighted by Gasteiger charge is 2.15. The summed E-state index contributed by atoms with van der Waals surface area (Å²) >= 11 is 1.32. The Morgan fingerprint density at radius 3 is 2.58 bits per heavy atom. The average molecular weight is 329 g/mol. The van der Waals surface area contributed by atoms with E-state index in [1.165, 1.54) is 11.3 Å². The van der Waals surface area contributed by atoms with Crippen molar-refractivity contribution >= 4 is 33.8 Å². The molecule has 0 aliphatic carbocycles. The molecule has 0 aliphatic rings. The van der Waals surface area contributed by atoms with Gasteiger partial charge in [0.25, 0.3) is 0 Å². The van der Waals surface area contributed by atoms with Gasteiger partial charge in [0.15, 0.2) is 0 Å². The first-order chi connectivity index (χ1) is 8.60. The minimum Gasteiger partial charge on any atom is -0.383 e.